The van der Waals surface area contributed by atoms with Gasteiger partial charge in [-0.2, -0.15) is 0 Å². The second-order valence-corrected chi connectivity index (χ2v) is 4.77. The Bertz CT molecular complexity index is 377. The summed E-state index contributed by atoms with van der Waals surface area (Å²) in [5, 5.41) is 2.85. The molecule has 1 aromatic carbocycles. The molecule has 0 radical (unpaired) electrons. The Labute approximate surface area is 89.5 Å². The largest absolute Gasteiger partial charge is 0.294 e. The maximum atomic E-state index is 11.8. The lowest BCUT2D eigenvalue weighted by molar-refractivity contribution is 0.0940. The van der Waals surface area contributed by atoms with E-state index in [2.05, 4.69) is 5.18 Å². The lowest BCUT2D eigenvalue weighted by atomic mass is 9.87. The number of hydrogen-bond donors (Lipinski definition) is 0. The van der Waals surface area contributed by atoms with Gasteiger partial charge in [-0.3, -0.25) is 4.79 Å². The van der Waals surface area contributed by atoms with Gasteiger partial charge in [0.2, 0.25) is 0 Å². The number of hydrogen-bond acceptors (Lipinski definition) is 3. The molecule has 0 saturated carbocycles. The van der Waals surface area contributed by atoms with E-state index < -0.39 is 0 Å². The van der Waals surface area contributed by atoms with Gasteiger partial charge < -0.3 is 0 Å². The highest BCUT2D eigenvalue weighted by molar-refractivity contribution is 6.00. The number of nitroso groups, excluding NO2 is 1. The van der Waals surface area contributed by atoms with Gasteiger partial charge in [-0.15, -0.1) is 4.91 Å². The predicted molar refractivity (Wildman–Crippen MR) is 60.3 cm³/mol. The predicted octanol–water partition coefficient (Wildman–Crippen LogP) is 3.70. The number of benzene rings is 1. The molecule has 1 aromatic rings. The normalized spacial score (nSPS) is 11.1. The Balaban J connectivity index is 2.96. The molecule has 0 unspecified atom stereocenters. The second-order valence-electron chi connectivity index (χ2n) is 4.77. The fraction of sp³-hybridized carbons (Fsp3) is 0.417. The first-order chi connectivity index (χ1) is 6.94. The first-order valence-corrected chi connectivity index (χ1v) is 4.89. The zero-order valence-corrected chi connectivity index (χ0v) is 9.28. The van der Waals surface area contributed by atoms with E-state index in [0.717, 1.165) is 0 Å². The van der Waals surface area contributed by atoms with Crippen LogP contribution in [-0.4, -0.2) is 5.78 Å². The summed E-state index contributed by atoms with van der Waals surface area (Å²) in [7, 11) is 0. The second kappa shape index (κ2) is 4.34. The van der Waals surface area contributed by atoms with Crippen molar-refractivity contribution in [3.8, 4) is 0 Å². The topological polar surface area (TPSA) is 46.5 Å². The van der Waals surface area contributed by atoms with Crippen LogP contribution >= 0.6 is 0 Å². The van der Waals surface area contributed by atoms with Crippen LogP contribution in [-0.2, 0) is 0 Å². The van der Waals surface area contributed by atoms with E-state index in [0.29, 0.717) is 12.0 Å². The molecule has 0 saturated heterocycles. The minimum Gasteiger partial charge on any atom is -0.294 e. The van der Waals surface area contributed by atoms with E-state index in [1.165, 1.54) is 0 Å². The van der Waals surface area contributed by atoms with Gasteiger partial charge in [0.15, 0.2) is 5.78 Å². The molecule has 0 heterocycles. The van der Waals surface area contributed by atoms with E-state index in [1.54, 1.807) is 24.3 Å². The molecule has 0 spiro atoms. The molecule has 3 heteroatoms. The Morgan fingerprint density at radius 1 is 1.27 bits per heavy atom. The van der Waals surface area contributed by atoms with Gasteiger partial charge in [0, 0.05) is 12.0 Å². The zero-order chi connectivity index (χ0) is 11.5. The fourth-order valence-corrected chi connectivity index (χ4v) is 1.37. The van der Waals surface area contributed by atoms with E-state index >= 15 is 0 Å². The molecule has 0 amide bonds. The molecule has 0 aromatic heterocycles. The SMILES string of the molecule is CC(C)(C)CC(=O)c1ccccc1N=O. The van der Waals surface area contributed by atoms with Crippen molar-refractivity contribution in [3.63, 3.8) is 0 Å². The highest BCUT2D eigenvalue weighted by Crippen LogP contribution is 2.26. The van der Waals surface area contributed by atoms with Crippen LogP contribution in [0.25, 0.3) is 0 Å². The standard InChI is InChI=1S/C12H15NO2/c1-12(2,3)8-11(14)9-6-4-5-7-10(9)13-15/h4-7H,8H2,1-3H3. The summed E-state index contributed by atoms with van der Waals surface area (Å²) in [4.78, 5) is 22.3. The average Bonchev–Trinajstić information content (AvgIpc) is 2.15. The van der Waals surface area contributed by atoms with E-state index in [-0.39, 0.29) is 16.9 Å². The monoisotopic (exact) mass is 205 g/mol. The van der Waals surface area contributed by atoms with Gasteiger partial charge in [0.25, 0.3) is 0 Å². The summed E-state index contributed by atoms with van der Waals surface area (Å²) in [6, 6.07) is 6.64. The summed E-state index contributed by atoms with van der Waals surface area (Å²) >= 11 is 0. The summed E-state index contributed by atoms with van der Waals surface area (Å²) in [6.45, 7) is 5.96. The molecular formula is C12H15NO2. The molecule has 0 bridgehead atoms. The van der Waals surface area contributed by atoms with E-state index in [1.807, 2.05) is 20.8 Å². The third kappa shape index (κ3) is 3.27. The Morgan fingerprint density at radius 2 is 1.87 bits per heavy atom. The van der Waals surface area contributed by atoms with Crippen molar-refractivity contribution in [1.82, 2.24) is 0 Å². The van der Waals surface area contributed by atoms with Crippen LogP contribution < -0.4 is 0 Å². The van der Waals surface area contributed by atoms with Gasteiger partial charge in [-0.05, 0) is 22.7 Å². The number of carbonyl (C=O) groups is 1. The first kappa shape index (κ1) is 11.6. The highest BCUT2D eigenvalue weighted by atomic mass is 16.3. The minimum absolute atomic E-state index is 0.0299. The van der Waals surface area contributed by atoms with Crippen molar-refractivity contribution in [2.75, 3.05) is 0 Å². The summed E-state index contributed by atoms with van der Waals surface area (Å²) < 4.78 is 0. The molecule has 3 nitrogen and oxygen atoms in total. The number of nitrogens with zero attached hydrogens (tertiary/aromatic N) is 1. The van der Waals surface area contributed by atoms with Gasteiger partial charge in [0.05, 0.1) is 0 Å². The number of carbonyl (C=O) groups excluding carboxylic acids is 1. The van der Waals surface area contributed by atoms with Crippen molar-refractivity contribution in [3.05, 3.63) is 34.7 Å². The molecule has 0 fully saturated rings. The van der Waals surface area contributed by atoms with Crippen LogP contribution in [0.3, 0.4) is 0 Å². The van der Waals surface area contributed by atoms with Crippen molar-refractivity contribution in [2.24, 2.45) is 10.6 Å². The van der Waals surface area contributed by atoms with Crippen molar-refractivity contribution >= 4 is 11.5 Å². The van der Waals surface area contributed by atoms with Crippen LogP contribution in [0.5, 0.6) is 0 Å². The van der Waals surface area contributed by atoms with Crippen molar-refractivity contribution in [2.45, 2.75) is 27.2 Å². The molecular weight excluding hydrogens is 190 g/mol. The third-order valence-corrected chi connectivity index (χ3v) is 1.99. The Hall–Kier alpha value is -1.51. The average molecular weight is 205 g/mol. The van der Waals surface area contributed by atoms with Crippen molar-refractivity contribution in [1.29, 1.82) is 0 Å². The van der Waals surface area contributed by atoms with E-state index in [4.69, 9.17) is 0 Å². The lowest BCUT2D eigenvalue weighted by Gasteiger charge is -2.16. The highest BCUT2D eigenvalue weighted by Gasteiger charge is 2.19. The van der Waals surface area contributed by atoms with Crippen LogP contribution in [0.4, 0.5) is 5.69 Å². The fourth-order valence-electron chi connectivity index (χ4n) is 1.37. The summed E-state index contributed by atoms with van der Waals surface area (Å²) in [5.74, 6) is -0.0299. The van der Waals surface area contributed by atoms with Crippen LogP contribution in [0.2, 0.25) is 0 Å². The molecule has 15 heavy (non-hydrogen) atoms. The minimum atomic E-state index is -0.0763. The Kier molecular flexibility index (Phi) is 3.35. The number of rotatable bonds is 3. The van der Waals surface area contributed by atoms with Crippen LogP contribution in [0.1, 0.15) is 37.6 Å². The van der Waals surface area contributed by atoms with E-state index in [9.17, 15) is 9.70 Å². The molecule has 0 aliphatic heterocycles. The number of Topliss-reactive ketones (excluding diaryl/α,β-unsaturated/α-hetero) is 1. The maximum absolute atomic E-state index is 11.8. The molecule has 1 rings (SSSR count). The van der Waals surface area contributed by atoms with Crippen molar-refractivity contribution < 1.29 is 4.79 Å². The molecule has 80 valence electrons. The molecule has 0 aliphatic carbocycles. The lowest BCUT2D eigenvalue weighted by Crippen LogP contribution is -2.13. The molecule has 0 aliphatic rings. The Morgan fingerprint density at radius 3 is 2.40 bits per heavy atom. The van der Waals surface area contributed by atoms with Crippen LogP contribution in [0.15, 0.2) is 29.4 Å². The molecule has 0 N–H and O–H groups in total. The van der Waals surface area contributed by atoms with Crippen LogP contribution in [0, 0.1) is 10.3 Å². The van der Waals surface area contributed by atoms with Gasteiger partial charge >= 0.3 is 0 Å². The third-order valence-electron chi connectivity index (χ3n) is 1.99. The summed E-state index contributed by atoms with van der Waals surface area (Å²) in [5.41, 5.74) is 0.571. The van der Waals surface area contributed by atoms with Gasteiger partial charge in [-0.1, -0.05) is 32.9 Å². The quantitative estimate of drug-likeness (QED) is 0.558. The smallest absolute Gasteiger partial charge is 0.165 e. The molecule has 0 atom stereocenters. The van der Waals surface area contributed by atoms with Gasteiger partial charge in [0.1, 0.15) is 5.69 Å². The maximum Gasteiger partial charge on any atom is 0.165 e. The summed E-state index contributed by atoms with van der Waals surface area (Å²) in [6.07, 6.45) is 0.416. The first-order valence-electron chi connectivity index (χ1n) is 4.89. The van der Waals surface area contributed by atoms with Gasteiger partial charge in [-0.25, -0.2) is 0 Å². The zero-order valence-electron chi connectivity index (χ0n) is 9.28. The number of ketones is 1.